The van der Waals surface area contributed by atoms with E-state index in [0.717, 1.165) is 4.29 Å². The Morgan fingerprint density at radius 3 is 2.80 bits per heavy atom. The number of halogens is 1. The molecule has 52 valence electrons. The van der Waals surface area contributed by atoms with Crippen molar-refractivity contribution in [2.45, 2.75) is 0 Å². The van der Waals surface area contributed by atoms with Gasteiger partial charge in [-0.15, -0.1) is 17.0 Å². The standard InChI is InChI=1S/C5H4N.CH3O.BrH.Zn/c1-2-4-6-5-3-1;1-2;;/h1-4H;1H3;1H;/q;-1;;+1. The van der Waals surface area contributed by atoms with Gasteiger partial charge in [-0.25, -0.2) is 0 Å². The van der Waals surface area contributed by atoms with Gasteiger partial charge in [0, 0.05) is 0 Å². The zero-order valence-electron chi connectivity index (χ0n) is 5.78. The summed E-state index contributed by atoms with van der Waals surface area (Å²) in [5.74, 6) is 0. The Labute approximate surface area is 78.8 Å². The molecule has 0 radical (unpaired) electrons. The third-order valence-corrected chi connectivity index (χ3v) is 3.12. The third-order valence-electron chi connectivity index (χ3n) is 1.02. The summed E-state index contributed by atoms with van der Waals surface area (Å²) in [6, 6.07) is 5.93. The maximum atomic E-state index is 5.05. The third kappa shape index (κ3) is 3.40. The monoisotopic (exact) mass is 253 g/mol. The van der Waals surface area contributed by atoms with Crippen molar-refractivity contribution in [2.75, 3.05) is 7.11 Å². The van der Waals surface area contributed by atoms with Crippen LogP contribution >= 0.6 is 17.0 Å². The number of nitrogens with zero attached hydrogens (tertiary/aromatic N) is 1. The SMILES string of the molecule is Br.C[O][Zn][c]1ccccn1. The summed E-state index contributed by atoms with van der Waals surface area (Å²) in [7, 11) is 1.74. The summed E-state index contributed by atoms with van der Waals surface area (Å²) < 4.78 is 6.21. The van der Waals surface area contributed by atoms with Crippen LogP contribution in [-0.2, 0) is 21.1 Å². The molecule has 0 aromatic carbocycles. The van der Waals surface area contributed by atoms with E-state index in [1.165, 1.54) is 0 Å². The molecule has 10 heavy (non-hydrogen) atoms. The number of hydrogen-bond donors (Lipinski definition) is 0. The topological polar surface area (TPSA) is 22.1 Å². The van der Waals surface area contributed by atoms with Gasteiger partial charge in [-0.2, -0.15) is 0 Å². The predicted octanol–water partition coefficient (Wildman–Crippen LogP) is 0.929. The first kappa shape index (κ1) is 10.2. The Balaban J connectivity index is 0.000000810. The second kappa shape index (κ2) is 5.96. The summed E-state index contributed by atoms with van der Waals surface area (Å²) in [6.45, 7) is 0. The molecule has 0 bridgehead atoms. The van der Waals surface area contributed by atoms with Gasteiger partial charge in [-0.1, -0.05) is 0 Å². The quantitative estimate of drug-likeness (QED) is 0.734. The molecule has 1 rings (SSSR count). The van der Waals surface area contributed by atoms with Crippen LogP contribution in [0.15, 0.2) is 24.4 Å². The summed E-state index contributed by atoms with van der Waals surface area (Å²) in [6.07, 6.45) is 1.81. The van der Waals surface area contributed by atoms with Gasteiger partial charge in [0.1, 0.15) is 0 Å². The van der Waals surface area contributed by atoms with E-state index in [-0.39, 0.29) is 17.0 Å². The fraction of sp³-hybridized carbons (Fsp3) is 0.167. The molecule has 0 saturated heterocycles. The molecule has 4 heteroatoms. The average molecular weight is 255 g/mol. The van der Waals surface area contributed by atoms with Crippen molar-refractivity contribution in [3.8, 4) is 0 Å². The molecule has 0 fully saturated rings. The van der Waals surface area contributed by atoms with E-state index in [0.29, 0.717) is 0 Å². The molecular weight excluding hydrogens is 247 g/mol. The van der Waals surface area contributed by atoms with Gasteiger partial charge in [-0.3, -0.25) is 0 Å². The second-order valence-corrected chi connectivity index (χ2v) is 5.09. The van der Waals surface area contributed by atoms with Gasteiger partial charge in [0.2, 0.25) is 0 Å². The number of rotatable bonds is 2. The van der Waals surface area contributed by atoms with Crippen molar-refractivity contribution < 1.29 is 21.1 Å². The van der Waals surface area contributed by atoms with Gasteiger partial charge in [0.15, 0.2) is 0 Å². The molecule has 2 nitrogen and oxygen atoms in total. The molecule has 0 N–H and O–H groups in total. The molecule has 0 unspecified atom stereocenters. The molecule has 0 spiro atoms. The van der Waals surface area contributed by atoms with Crippen LogP contribution in [-0.4, -0.2) is 12.1 Å². The predicted molar refractivity (Wildman–Crippen MR) is 41.2 cm³/mol. The number of hydrogen-bond acceptors (Lipinski definition) is 2. The van der Waals surface area contributed by atoms with E-state index in [1.54, 1.807) is 13.3 Å². The van der Waals surface area contributed by atoms with E-state index in [1.807, 2.05) is 18.2 Å². The summed E-state index contributed by atoms with van der Waals surface area (Å²) in [4.78, 5) is 4.13. The zero-order valence-corrected chi connectivity index (χ0v) is 10.5. The summed E-state index contributed by atoms with van der Waals surface area (Å²) >= 11 is -0.901. The Hall–Kier alpha value is 0.213. The van der Waals surface area contributed by atoms with Crippen LogP contribution in [0, 0.1) is 0 Å². The summed E-state index contributed by atoms with van der Waals surface area (Å²) in [5.41, 5.74) is 0. The van der Waals surface area contributed by atoms with Gasteiger partial charge < -0.3 is 0 Å². The van der Waals surface area contributed by atoms with Crippen molar-refractivity contribution >= 4 is 21.3 Å². The van der Waals surface area contributed by atoms with Crippen molar-refractivity contribution in [2.24, 2.45) is 0 Å². The van der Waals surface area contributed by atoms with Crippen molar-refractivity contribution in [1.29, 1.82) is 0 Å². The Morgan fingerprint density at radius 2 is 2.30 bits per heavy atom. The first-order valence-electron chi connectivity index (χ1n) is 2.82. The van der Waals surface area contributed by atoms with E-state index in [4.69, 9.17) is 3.56 Å². The van der Waals surface area contributed by atoms with Crippen molar-refractivity contribution in [3.05, 3.63) is 24.4 Å². The molecule has 1 heterocycles. The molecule has 0 aliphatic rings. The zero-order chi connectivity index (χ0) is 6.53. The average Bonchev–Trinajstić information content (AvgIpc) is 1.91. The Kier molecular flexibility index (Phi) is 6.09. The molecular formula is C6H8BrNOZn. The van der Waals surface area contributed by atoms with Gasteiger partial charge in [0.25, 0.3) is 0 Å². The van der Waals surface area contributed by atoms with Crippen LogP contribution in [0.3, 0.4) is 0 Å². The van der Waals surface area contributed by atoms with E-state index >= 15 is 0 Å². The van der Waals surface area contributed by atoms with E-state index in [9.17, 15) is 0 Å². The molecule has 0 saturated carbocycles. The molecule has 1 aromatic heterocycles. The Morgan fingerprint density at radius 1 is 1.50 bits per heavy atom. The number of aromatic nitrogens is 1. The van der Waals surface area contributed by atoms with Crippen LogP contribution < -0.4 is 4.29 Å². The van der Waals surface area contributed by atoms with Gasteiger partial charge >= 0.3 is 61.8 Å². The molecule has 0 aliphatic carbocycles. The second-order valence-electron chi connectivity index (χ2n) is 1.75. The Bertz CT molecular complexity index is 171. The van der Waals surface area contributed by atoms with Crippen LogP contribution in [0.5, 0.6) is 0 Å². The van der Waals surface area contributed by atoms with Crippen molar-refractivity contribution in [1.82, 2.24) is 4.98 Å². The maximum absolute atomic E-state index is 5.05. The fourth-order valence-electron chi connectivity index (χ4n) is 0.631. The van der Waals surface area contributed by atoms with Crippen LogP contribution in [0.2, 0.25) is 0 Å². The van der Waals surface area contributed by atoms with Crippen LogP contribution in [0.4, 0.5) is 0 Å². The fourth-order valence-corrected chi connectivity index (χ4v) is 2.12. The van der Waals surface area contributed by atoms with E-state index in [2.05, 4.69) is 4.98 Å². The summed E-state index contributed by atoms with van der Waals surface area (Å²) in [5, 5.41) is 0. The molecule has 0 amide bonds. The molecule has 0 atom stereocenters. The van der Waals surface area contributed by atoms with Crippen LogP contribution in [0.25, 0.3) is 0 Å². The molecule has 1 aromatic rings. The van der Waals surface area contributed by atoms with Gasteiger partial charge in [0.05, 0.1) is 0 Å². The van der Waals surface area contributed by atoms with Crippen molar-refractivity contribution in [3.63, 3.8) is 0 Å². The minimum atomic E-state index is -0.901. The molecule has 0 aliphatic heterocycles. The first-order chi connectivity index (χ1) is 4.43. The minimum absolute atomic E-state index is 0. The van der Waals surface area contributed by atoms with Gasteiger partial charge in [-0.05, 0) is 0 Å². The van der Waals surface area contributed by atoms with Crippen LogP contribution in [0.1, 0.15) is 0 Å². The number of pyridine rings is 1. The first-order valence-corrected chi connectivity index (χ1v) is 5.52. The normalized spacial score (nSPS) is 7.70. The van der Waals surface area contributed by atoms with E-state index < -0.39 is 17.5 Å².